The summed E-state index contributed by atoms with van der Waals surface area (Å²) < 4.78 is 5.50. The molecule has 0 saturated carbocycles. The second-order valence-corrected chi connectivity index (χ2v) is 4.71. The van der Waals surface area contributed by atoms with Crippen LogP contribution < -0.4 is 5.32 Å². The van der Waals surface area contributed by atoms with Gasteiger partial charge in [0.2, 0.25) is 0 Å². The summed E-state index contributed by atoms with van der Waals surface area (Å²) in [5.74, 6) is 1.19. The second kappa shape index (κ2) is 5.40. The number of amides is 1. The highest BCUT2D eigenvalue weighted by molar-refractivity contribution is 5.92. The van der Waals surface area contributed by atoms with Crippen molar-refractivity contribution in [1.82, 2.24) is 5.32 Å². The van der Waals surface area contributed by atoms with Crippen LogP contribution in [-0.4, -0.2) is 23.7 Å². The standard InChI is InChI=1S/C14H19NO3/c1-3-12-9(2)6-13(18-12)14(17)15-11-5-4-10(7-11)8-16/h4-6,10-11,16H,3,7-8H2,1-2H3,(H,15,17)/t10-,11+/m0/s1. The zero-order valence-electron chi connectivity index (χ0n) is 10.8. The molecule has 2 N–H and O–H groups in total. The van der Waals surface area contributed by atoms with E-state index in [0.29, 0.717) is 5.76 Å². The Morgan fingerprint density at radius 1 is 1.56 bits per heavy atom. The minimum Gasteiger partial charge on any atom is -0.456 e. The molecule has 1 aromatic heterocycles. The van der Waals surface area contributed by atoms with E-state index in [1.807, 2.05) is 26.0 Å². The van der Waals surface area contributed by atoms with E-state index in [1.54, 1.807) is 6.07 Å². The Hall–Kier alpha value is -1.55. The Morgan fingerprint density at radius 2 is 2.33 bits per heavy atom. The van der Waals surface area contributed by atoms with Gasteiger partial charge in [-0.15, -0.1) is 0 Å². The molecule has 1 aromatic rings. The maximum atomic E-state index is 12.0. The number of aliphatic hydroxyl groups excluding tert-OH is 1. The van der Waals surface area contributed by atoms with Gasteiger partial charge in [-0.25, -0.2) is 0 Å². The zero-order chi connectivity index (χ0) is 13.1. The molecule has 4 nitrogen and oxygen atoms in total. The molecule has 2 rings (SSSR count). The third-order valence-electron chi connectivity index (χ3n) is 3.29. The van der Waals surface area contributed by atoms with Gasteiger partial charge < -0.3 is 14.8 Å². The van der Waals surface area contributed by atoms with Crippen LogP contribution in [0.25, 0.3) is 0 Å². The van der Waals surface area contributed by atoms with Gasteiger partial charge >= 0.3 is 0 Å². The smallest absolute Gasteiger partial charge is 0.287 e. The van der Waals surface area contributed by atoms with Crippen LogP contribution in [0.2, 0.25) is 0 Å². The van der Waals surface area contributed by atoms with Crippen LogP contribution in [0.4, 0.5) is 0 Å². The predicted octanol–water partition coefficient (Wildman–Crippen LogP) is 1.82. The molecule has 0 unspecified atom stereocenters. The highest BCUT2D eigenvalue weighted by Gasteiger charge is 2.22. The summed E-state index contributed by atoms with van der Waals surface area (Å²) in [6, 6.07) is 1.77. The SMILES string of the molecule is CCc1oc(C(=O)N[C@@H]2C=C[C@H](CO)C2)cc1C. The first-order valence-corrected chi connectivity index (χ1v) is 6.33. The molecule has 1 heterocycles. The fraction of sp³-hybridized carbons (Fsp3) is 0.500. The Bertz CT molecular complexity index is 462. The summed E-state index contributed by atoms with van der Waals surface area (Å²) in [5, 5.41) is 11.9. The normalized spacial score (nSPS) is 22.4. The summed E-state index contributed by atoms with van der Waals surface area (Å²) in [5.41, 5.74) is 1.01. The number of furan rings is 1. The molecule has 1 aliphatic carbocycles. The van der Waals surface area contributed by atoms with E-state index >= 15 is 0 Å². The van der Waals surface area contributed by atoms with Crippen LogP contribution in [-0.2, 0) is 6.42 Å². The molecular formula is C14H19NO3. The molecule has 1 aliphatic rings. The summed E-state index contributed by atoms with van der Waals surface area (Å²) in [4.78, 5) is 12.0. The lowest BCUT2D eigenvalue weighted by Gasteiger charge is -2.11. The maximum Gasteiger partial charge on any atom is 0.287 e. The molecule has 0 bridgehead atoms. The number of aryl methyl sites for hydroxylation is 2. The third-order valence-corrected chi connectivity index (χ3v) is 3.29. The largest absolute Gasteiger partial charge is 0.456 e. The number of rotatable bonds is 4. The van der Waals surface area contributed by atoms with E-state index in [-0.39, 0.29) is 24.5 Å². The lowest BCUT2D eigenvalue weighted by molar-refractivity contribution is 0.0911. The first kappa shape index (κ1) is 12.9. The fourth-order valence-corrected chi connectivity index (χ4v) is 2.24. The average molecular weight is 249 g/mol. The Kier molecular flexibility index (Phi) is 3.87. The molecule has 0 spiro atoms. The predicted molar refractivity (Wildman–Crippen MR) is 68.4 cm³/mol. The van der Waals surface area contributed by atoms with E-state index in [1.165, 1.54) is 0 Å². The van der Waals surface area contributed by atoms with E-state index in [4.69, 9.17) is 9.52 Å². The van der Waals surface area contributed by atoms with Crippen molar-refractivity contribution in [3.63, 3.8) is 0 Å². The van der Waals surface area contributed by atoms with Crippen molar-refractivity contribution < 1.29 is 14.3 Å². The minimum absolute atomic E-state index is 0.00914. The molecule has 0 saturated heterocycles. The number of nitrogens with one attached hydrogen (secondary N) is 1. The van der Waals surface area contributed by atoms with Crippen LogP contribution in [0.3, 0.4) is 0 Å². The van der Waals surface area contributed by atoms with Crippen LogP contribution in [0.1, 0.15) is 35.2 Å². The quantitative estimate of drug-likeness (QED) is 0.800. The highest BCUT2D eigenvalue weighted by atomic mass is 16.4. The van der Waals surface area contributed by atoms with Gasteiger partial charge in [-0.05, 0) is 25.0 Å². The molecule has 1 amide bonds. The van der Waals surface area contributed by atoms with Crippen molar-refractivity contribution in [2.75, 3.05) is 6.61 Å². The van der Waals surface area contributed by atoms with E-state index < -0.39 is 0 Å². The van der Waals surface area contributed by atoms with Crippen LogP contribution in [0.15, 0.2) is 22.6 Å². The molecule has 98 valence electrons. The molecule has 0 aliphatic heterocycles. The van der Waals surface area contributed by atoms with E-state index in [0.717, 1.165) is 24.2 Å². The van der Waals surface area contributed by atoms with Gasteiger partial charge in [-0.2, -0.15) is 0 Å². The summed E-state index contributed by atoms with van der Waals surface area (Å²) in [6.45, 7) is 4.07. The Labute approximate surface area is 107 Å². The topological polar surface area (TPSA) is 62.5 Å². The Morgan fingerprint density at radius 3 is 2.89 bits per heavy atom. The first-order chi connectivity index (χ1) is 8.63. The number of hydrogen-bond donors (Lipinski definition) is 2. The summed E-state index contributed by atoms with van der Waals surface area (Å²) in [7, 11) is 0. The molecule has 0 aromatic carbocycles. The summed E-state index contributed by atoms with van der Waals surface area (Å²) >= 11 is 0. The molecule has 0 radical (unpaired) electrons. The highest BCUT2D eigenvalue weighted by Crippen LogP contribution is 2.19. The number of aliphatic hydroxyl groups is 1. The van der Waals surface area contributed by atoms with Crippen molar-refractivity contribution >= 4 is 5.91 Å². The van der Waals surface area contributed by atoms with E-state index in [9.17, 15) is 4.79 Å². The Balaban J connectivity index is 1.98. The lowest BCUT2D eigenvalue weighted by atomic mass is 10.1. The molecule has 2 atom stereocenters. The van der Waals surface area contributed by atoms with Crippen molar-refractivity contribution in [1.29, 1.82) is 0 Å². The second-order valence-electron chi connectivity index (χ2n) is 4.71. The monoisotopic (exact) mass is 249 g/mol. The van der Waals surface area contributed by atoms with Gasteiger partial charge in [0, 0.05) is 25.0 Å². The van der Waals surface area contributed by atoms with E-state index in [2.05, 4.69) is 5.32 Å². The van der Waals surface area contributed by atoms with Crippen LogP contribution in [0.5, 0.6) is 0 Å². The average Bonchev–Trinajstić information content (AvgIpc) is 2.95. The van der Waals surface area contributed by atoms with Crippen LogP contribution in [0, 0.1) is 12.8 Å². The fourth-order valence-electron chi connectivity index (χ4n) is 2.24. The molecular weight excluding hydrogens is 230 g/mol. The van der Waals surface area contributed by atoms with Gasteiger partial charge in [-0.1, -0.05) is 19.1 Å². The van der Waals surface area contributed by atoms with Crippen molar-refractivity contribution in [2.45, 2.75) is 32.7 Å². The minimum atomic E-state index is -0.189. The van der Waals surface area contributed by atoms with Gasteiger partial charge in [0.05, 0.1) is 0 Å². The van der Waals surface area contributed by atoms with Gasteiger partial charge in [0.15, 0.2) is 5.76 Å². The number of hydrogen-bond acceptors (Lipinski definition) is 3. The number of carbonyl (C=O) groups excluding carboxylic acids is 1. The first-order valence-electron chi connectivity index (χ1n) is 6.33. The van der Waals surface area contributed by atoms with Crippen molar-refractivity contribution in [3.8, 4) is 0 Å². The summed E-state index contributed by atoms with van der Waals surface area (Å²) in [6.07, 6.45) is 5.41. The molecule has 18 heavy (non-hydrogen) atoms. The van der Waals surface area contributed by atoms with Crippen LogP contribution >= 0.6 is 0 Å². The van der Waals surface area contributed by atoms with Gasteiger partial charge in [0.25, 0.3) is 5.91 Å². The maximum absolute atomic E-state index is 12.0. The third kappa shape index (κ3) is 2.64. The van der Waals surface area contributed by atoms with Gasteiger partial charge in [0.1, 0.15) is 5.76 Å². The lowest BCUT2D eigenvalue weighted by Crippen LogP contribution is -2.32. The zero-order valence-corrected chi connectivity index (χ0v) is 10.8. The van der Waals surface area contributed by atoms with Crippen molar-refractivity contribution in [2.24, 2.45) is 5.92 Å². The van der Waals surface area contributed by atoms with Gasteiger partial charge in [-0.3, -0.25) is 4.79 Å². The molecule has 0 fully saturated rings. The van der Waals surface area contributed by atoms with Crippen molar-refractivity contribution in [3.05, 3.63) is 35.3 Å². The molecule has 4 heteroatoms. The number of carbonyl (C=O) groups is 1.